The van der Waals surface area contributed by atoms with Gasteiger partial charge in [-0.3, -0.25) is 14.5 Å². The maximum absolute atomic E-state index is 12.8. The molecule has 0 spiro atoms. The van der Waals surface area contributed by atoms with E-state index in [0.29, 0.717) is 37.6 Å². The zero-order valence-corrected chi connectivity index (χ0v) is 16.7. The summed E-state index contributed by atoms with van der Waals surface area (Å²) < 4.78 is 5.40. The van der Waals surface area contributed by atoms with Crippen LogP contribution in [0.3, 0.4) is 0 Å². The fourth-order valence-electron chi connectivity index (χ4n) is 3.67. The minimum atomic E-state index is -0.638. The fourth-order valence-corrected chi connectivity index (χ4v) is 3.79. The maximum Gasteiger partial charge on any atom is 0.316 e. The largest absolute Gasteiger partial charge is 0.465 e. The lowest BCUT2D eigenvalue weighted by Gasteiger charge is -2.40. The van der Waals surface area contributed by atoms with Crippen LogP contribution in [0.4, 0.5) is 5.69 Å². The molecule has 2 aromatic rings. The van der Waals surface area contributed by atoms with Gasteiger partial charge in [-0.25, -0.2) is 0 Å². The minimum absolute atomic E-state index is 0.0781. The molecule has 6 heteroatoms. The van der Waals surface area contributed by atoms with E-state index in [4.69, 9.17) is 16.3 Å². The predicted octanol–water partition coefficient (Wildman–Crippen LogP) is 3.88. The summed E-state index contributed by atoms with van der Waals surface area (Å²) in [7, 11) is 0. The maximum atomic E-state index is 12.8. The first kappa shape index (κ1) is 20.4. The van der Waals surface area contributed by atoms with Gasteiger partial charge in [-0.05, 0) is 49.6 Å². The number of esters is 1. The number of anilines is 1. The van der Waals surface area contributed by atoms with Crippen LogP contribution in [0.15, 0.2) is 54.6 Å². The van der Waals surface area contributed by atoms with E-state index in [0.717, 1.165) is 11.3 Å². The molecule has 1 fully saturated rings. The molecule has 2 aromatic carbocycles. The molecule has 1 amide bonds. The van der Waals surface area contributed by atoms with Gasteiger partial charge < -0.3 is 10.1 Å². The van der Waals surface area contributed by atoms with Crippen LogP contribution >= 0.6 is 11.6 Å². The van der Waals surface area contributed by atoms with Crippen LogP contribution in [0.25, 0.3) is 0 Å². The van der Waals surface area contributed by atoms with E-state index in [2.05, 4.69) is 10.2 Å². The van der Waals surface area contributed by atoms with Crippen molar-refractivity contribution in [3.05, 3.63) is 65.2 Å². The Kier molecular flexibility index (Phi) is 6.70. The topological polar surface area (TPSA) is 58.6 Å². The average Bonchev–Trinajstić information content (AvgIpc) is 2.71. The first-order valence-corrected chi connectivity index (χ1v) is 9.92. The Hall–Kier alpha value is -2.37. The smallest absolute Gasteiger partial charge is 0.316 e. The first-order chi connectivity index (χ1) is 13.5. The molecule has 3 rings (SSSR count). The zero-order valence-electron chi connectivity index (χ0n) is 16.0. The third-order valence-electron chi connectivity index (χ3n) is 5.20. The SMILES string of the molecule is CCOC(=O)C1(c2ccccc2)CCN(CC(=O)Nc2ccc(Cl)cc2)CC1. The van der Waals surface area contributed by atoms with Crippen LogP contribution in [-0.2, 0) is 19.7 Å². The Morgan fingerprint density at radius 1 is 1.07 bits per heavy atom. The van der Waals surface area contributed by atoms with Gasteiger partial charge in [0.15, 0.2) is 0 Å². The van der Waals surface area contributed by atoms with Crippen molar-refractivity contribution in [2.24, 2.45) is 0 Å². The van der Waals surface area contributed by atoms with Gasteiger partial charge in [-0.1, -0.05) is 41.9 Å². The predicted molar refractivity (Wildman–Crippen MR) is 111 cm³/mol. The van der Waals surface area contributed by atoms with Crippen LogP contribution in [0.5, 0.6) is 0 Å². The number of hydrogen-bond donors (Lipinski definition) is 1. The highest BCUT2D eigenvalue weighted by atomic mass is 35.5. The van der Waals surface area contributed by atoms with Crippen molar-refractivity contribution in [1.82, 2.24) is 4.90 Å². The monoisotopic (exact) mass is 400 g/mol. The van der Waals surface area contributed by atoms with Gasteiger partial charge in [-0.15, -0.1) is 0 Å². The molecule has 0 radical (unpaired) electrons. The van der Waals surface area contributed by atoms with E-state index in [1.54, 1.807) is 24.3 Å². The van der Waals surface area contributed by atoms with Gasteiger partial charge in [-0.2, -0.15) is 0 Å². The fraction of sp³-hybridized carbons (Fsp3) is 0.364. The van der Waals surface area contributed by atoms with Gasteiger partial charge in [0.1, 0.15) is 0 Å². The van der Waals surface area contributed by atoms with Crippen LogP contribution in [0.2, 0.25) is 5.02 Å². The molecule has 1 N–H and O–H groups in total. The Morgan fingerprint density at radius 2 is 1.71 bits per heavy atom. The van der Waals surface area contributed by atoms with E-state index in [-0.39, 0.29) is 18.4 Å². The molecule has 28 heavy (non-hydrogen) atoms. The van der Waals surface area contributed by atoms with Crippen molar-refractivity contribution in [1.29, 1.82) is 0 Å². The molecule has 1 aliphatic heterocycles. The van der Waals surface area contributed by atoms with Crippen molar-refractivity contribution in [2.75, 3.05) is 31.6 Å². The lowest BCUT2D eigenvalue weighted by molar-refractivity contribution is -0.152. The summed E-state index contributed by atoms with van der Waals surface area (Å²) in [6.45, 7) is 3.78. The second kappa shape index (κ2) is 9.22. The molecule has 0 unspecified atom stereocenters. The highest BCUT2D eigenvalue weighted by Crippen LogP contribution is 2.36. The number of hydrogen-bond acceptors (Lipinski definition) is 4. The molecule has 1 heterocycles. The van der Waals surface area contributed by atoms with E-state index >= 15 is 0 Å². The summed E-state index contributed by atoms with van der Waals surface area (Å²) >= 11 is 5.87. The lowest BCUT2D eigenvalue weighted by atomic mass is 9.72. The molecule has 148 valence electrons. The standard InChI is InChI=1S/C22H25ClN2O3/c1-2-28-21(27)22(17-6-4-3-5-7-17)12-14-25(15-13-22)16-20(26)24-19-10-8-18(23)9-11-19/h3-11H,2,12-16H2,1H3,(H,24,26). The van der Waals surface area contributed by atoms with E-state index < -0.39 is 5.41 Å². The van der Waals surface area contributed by atoms with Crippen LogP contribution < -0.4 is 5.32 Å². The van der Waals surface area contributed by atoms with Gasteiger partial charge in [0, 0.05) is 23.8 Å². The number of piperidine rings is 1. The van der Waals surface area contributed by atoms with Gasteiger partial charge in [0.2, 0.25) is 5.91 Å². The summed E-state index contributed by atoms with van der Waals surface area (Å²) in [4.78, 5) is 27.2. The number of halogens is 1. The Labute approximate surface area is 170 Å². The third-order valence-corrected chi connectivity index (χ3v) is 5.45. The van der Waals surface area contributed by atoms with E-state index in [9.17, 15) is 9.59 Å². The summed E-state index contributed by atoms with van der Waals surface area (Å²) in [5, 5.41) is 3.51. The number of ether oxygens (including phenoxy) is 1. The summed E-state index contributed by atoms with van der Waals surface area (Å²) in [6, 6.07) is 16.8. The first-order valence-electron chi connectivity index (χ1n) is 9.54. The van der Waals surface area contributed by atoms with Crippen molar-refractivity contribution in [2.45, 2.75) is 25.2 Å². The van der Waals surface area contributed by atoms with Gasteiger partial charge in [0.25, 0.3) is 0 Å². The van der Waals surface area contributed by atoms with Crippen LogP contribution in [0, 0.1) is 0 Å². The quantitative estimate of drug-likeness (QED) is 0.747. The van der Waals surface area contributed by atoms with Crippen molar-refractivity contribution < 1.29 is 14.3 Å². The highest BCUT2D eigenvalue weighted by molar-refractivity contribution is 6.30. The highest BCUT2D eigenvalue weighted by Gasteiger charge is 2.44. The molecule has 0 aliphatic carbocycles. The molecular formula is C22H25ClN2O3. The Morgan fingerprint density at radius 3 is 2.32 bits per heavy atom. The van der Waals surface area contributed by atoms with E-state index in [1.807, 2.05) is 37.3 Å². The van der Waals surface area contributed by atoms with Crippen molar-refractivity contribution >= 4 is 29.2 Å². The van der Waals surface area contributed by atoms with E-state index in [1.165, 1.54) is 0 Å². The number of carbonyl (C=O) groups is 2. The summed E-state index contributed by atoms with van der Waals surface area (Å²) in [6.07, 6.45) is 1.26. The Bertz CT molecular complexity index is 800. The minimum Gasteiger partial charge on any atom is -0.465 e. The molecule has 0 atom stereocenters. The number of carbonyl (C=O) groups excluding carboxylic acids is 2. The number of rotatable bonds is 6. The number of nitrogens with zero attached hydrogens (tertiary/aromatic N) is 1. The van der Waals surface area contributed by atoms with Crippen LogP contribution in [0.1, 0.15) is 25.3 Å². The molecule has 0 saturated carbocycles. The van der Waals surface area contributed by atoms with Crippen molar-refractivity contribution in [3.8, 4) is 0 Å². The van der Waals surface area contributed by atoms with Crippen molar-refractivity contribution in [3.63, 3.8) is 0 Å². The second-order valence-corrected chi connectivity index (χ2v) is 7.44. The summed E-state index contributed by atoms with van der Waals surface area (Å²) in [5.74, 6) is -0.253. The lowest BCUT2D eigenvalue weighted by Crippen LogP contribution is -2.49. The average molecular weight is 401 g/mol. The zero-order chi connectivity index (χ0) is 20.0. The van der Waals surface area contributed by atoms with Gasteiger partial charge in [0.05, 0.1) is 18.6 Å². The molecular weight excluding hydrogens is 376 g/mol. The molecule has 1 aliphatic rings. The number of likely N-dealkylation sites (tertiary alicyclic amines) is 1. The molecule has 0 bridgehead atoms. The molecule has 1 saturated heterocycles. The summed E-state index contributed by atoms with van der Waals surface area (Å²) in [5.41, 5.74) is 1.07. The molecule has 5 nitrogen and oxygen atoms in total. The molecule has 0 aromatic heterocycles. The second-order valence-electron chi connectivity index (χ2n) is 7.00. The van der Waals surface area contributed by atoms with Crippen LogP contribution in [-0.4, -0.2) is 43.0 Å². The normalized spacial score (nSPS) is 16.4. The number of nitrogens with one attached hydrogen (secondary N) is 1. The Balaban J connectivity index is 1.63. The number of amides is 1. The number of benzene rings is 2. The third kappa shape index (κ3) is 4.72. The van der Waals surface area contributed by atoms with Gasteiger partial charge >= 0.3 is 5.97 Å².